The van der Waals surface area contributed by atoms with Crippen LogP contribution in [0.25, 0.3) is 10.3 Å². The van der Waals surface area contributed by atoms with Crippen molar-refractivity contribution in [1.82, 2.24) is 15.0 Å². The Morgan fingerprint density at radius 1 is 1.15 bits per heavy atom. The highest BCUT2D eigenvalue weighted by Crippen LogP contribution is 2.28. The van der Waals surface area contributed by atoms with Gasteiger partial charge in [-0.15, -0.1) is 22.9 Å². The van der Waals surface area contributed by atoms with Gasteiger partial charge in [0.2, 0.25) is 5.28 Å². The van der Waals surface area contributed by atoms with Gasteiger partial charge in [-0.3, -0.25) is 0 Å². The van der Waals surface area contributed by atoms with Gasteiger partial charge in [0, 0.05) is 0 Å². The zero-order valence-electron chi connectivity index (χ0n) is 6.09. The molecule has 7 heteroatoms. The summed E-state index contributed by atoms with van der Waals surface area (Å²) in [6, 6.07) is 0. The number of aromatic nitrogens is 3. The van der Waals surface area contributed by atoms with Crippen LogP contribution in [0.1, 0.15) is 5.01 Å². The van der Waals surface area contributed by atoms with Crippen LogP contribution in [0.5, 0.6) is 0 Å². The van der Waals surface area contributed by atoms with Crippen LogP contribution < -0.4 is 0 Å². The second kappa shape index (κ2) is 3.53. The fourth-order valence-electron chi connectivity index (χ4n) is 0.867. The number of rotatable bonds is 1. The van der Waals surface area contributed by atoms with Crippen molar-refractivity contribution in [3.05, 3.63) is 15.4 Å². The molecule has 0 saturated heterocycles. The van der Waals surface area contributed by atoms with E-state index in [0.717, 1.165) is 9.71 Å². The highest BCUT2D eigenvalue weighted by Gasteiger charge is 2.10. The Labute approximate surface area is 92.7 Å². The summed E-state index contributed by atoms with van der Waals surface area (Å²) >= 11 is 18.4. The largest absolute Gasteiger partial charge is 0.225 e. The number of nitrogens with zero attached hydrogens (tertiary/aromatic N) is 3. The zero-order chi connectivity index (χ0) is 9.42. The highest BCUT2D eigenvalue weighted by atomic mass is 35.5. The molecule has 13 heavy (non-hydrogen) atoms. The first-order valence-corrected chi connectivity index (χ1v) is 5.36. The van der Waals surface area contributed by atoms with Crippen molar-refractivity contribution in [1.29, 1.82) is 0 Å². The highest BCUT2D eigenvalue weighted by molar-refractivity contribution is 7.19. The molecule has 2 heterocycles. The molecule has 0 aliphatic carbocycles. The maximum absolute atomic E-state index is 5.82. The molecule has 0 amide bonds. The van der Waals surface area contributed by atoms with Gasteiger partial charge in [0.15, 0.2) is 10.8 Å². The van der Waals surface area contributed by atoms with Gasteiger partial charge in [-0.1, -0.05) is 11.6 Å². The standard InChI is InChI=1S/C6H2Cl3N3S/c7-1-2-10-5-3(13-2)4(8)11-6(9)12-5/h1H2. The lowest BCUT2D eigenvalue weighted by Gasteiger charge is -1.90. The van der Waals surface area contributed by atoms with Gasteiger partial charge in [-0.05, 0) is 11.6 Å². The lowest BCUT2D eigenvalue weighted by Crippen LogP contribution is -1.84. The minimum atomic E-state index is 0.101. The predicted molar refractivity (Wildman–Crippen MR) is 54.8 cm³/mol. The summed E-state index contributed by atoms with van der Waals surface area (Å²) in [5.74, 6) is 0.342. The lowest BCUT2D eigenvalue weighted by atomic mass is 10.6. The third-order valence-corrected chi connectivity index (χ3v) is 3.36. The minimum absolute atomic E-state index is 0.101. The SMILES string of the molecule is ClCc1nc2nc(Cl)nc(Cl)c2s1. The number of halogens is 3. The van der Waals surface area contributed by atoms with Crippen LogP contribution in [0, 0.1) is 0 Å². The number of alkyl halides is 1. The van der Waals surface area contributed by atoms with Crippen LogP contribution >= 0.6 is 46.1 Å². The summed E-state index contributed by atoms with van der Waals surface area (Å²) in [4.78, 5) is 11.8. The Bertz CT molecular complexity index is 456. The first-order valence-electron chi connectivity index (χ1n) is 3.25. The van der Waals surface area contributed by atoms with Crippen LogP contribution in [0.4, 0.5) is 0 Å². The van der Waals surface area contributed by atoms with Crippen molar-refractivity contribution < 1.29 is 0 Å². The maximum atomic E-state index is 5.82. The Morgan fingerprint density at radius 2 is 1.92 bits per heavy atom. The molecule has 0 aliphatic heterocycles. The van der Waals surface area contributed by atoms with E-state index in [2.05, 4.69) is 15.0 Å². The third kappa shape index (κ3) is 1.72. The lowest BCUT2D eigenvalue weighted by molar-refractivity contribution is 1.18. The van der Waals surface area contributed by atoms with E-state index in [9.17, 15) is 0 Å². The number of hydrogen-bond donors (Lipinski definition) is 0. The average Bonchev–Trinajstić information content (AvgIpc) is 2.47. The van der Waals surface area contributed by atoms with Crippen molar-refractivity contribution in [3.63, 3.8) is 0 Å². The predicted octanol–water partition coefficient (Wildman–Crippen LogP) is 3.13. The third-order valence-electron chi connectivity index (χ3n) is 1.34. The first kappa shape index (κ1) is 9.40. The van der Waals surface area contributed by atoms with Crippen molar-refractivity contribution in [3.8, 4) is 0 Å². The molecule has 0 aromatic carbocycles. The Morgan fingerprint density at radius 3 is 2.62 bits per heavy atom. The van der Waals surface area contributed by atoms with E-state index in [1.165, 1.54) is 11.3 Å². The van der Waals surface area contributed by atoms with E-state index in [1.807, 2.05) is 0 Å². The first-order chi connectivity index (χ1) is 6.20. The molecule has 0 N–H and O–H groups in total. The summed E-state index contributed by atoms with van der Waals surface area (Å²) in [7, 11) is 0. The summed E-state index contributed by atoms with van der Waals surface area (Å²) in [6.07, 6.45) is 0. The van der Waals surface area contributed by atoms with E-state index in [-0.39, 0.29) is 5.28 Å². The van der Waals surface area contributed by atoms with Crippen LogP contribution in [0.15, 0.2) is 0 Å². The monoisotopic (exact) mass is 253 g/mol. The van der Waals surface area contributed by atoms with Crippen LogP contribution in [0.3, 0.4) is 0 Å². The Kier molecular flexibility index (Phi) is 2.55. The molecule has 0 unspecified atom stereocenters. The second-order valence-corrected chi connectivity index (χ2v) is 4.22. The molecule has 0 atom stereocenters. The molecule has 68 valence electrons. The smallest absolute Gasteiger partial charge is 0.220 e. The van der Waals surface area contributed by atoms with Crippen molar-refractivity contribution >= 4 is 56.5 Å². The van der Waals surface area contributed by atoms with Gasteiger partial charge in [0.1, 0.15) is 9.71 Å². The quantitative estimate of drug-likeness (QED) is 0.446. The molecule has 2 aromatic heterocycles. The van der Waals surface area contributed by atoms with Crippen LogP contribution in [-0.2, 0) is 5.88 Å². The molecular weight excluding hydrogens is 253 g/mol. The van der Waals surface area contributed by atoms with Crippen molar-refractivity contribution in [2.24, 2.45) is 0 Å². The normalized spacial score (nSPS) is 11.0. The number of thiazole rings is 1. The van der Waals surface area contributed by atoms with Gasteiger partial charge in [-0.2, -0.15) is 4.98 Å². The summed E-state index contributed by atoms with van der Waals surface area (Å²) in [5, 5.41) is 1.18. The van der Waals surface area contributed by atoms with Crippen LogP contribution in [0.2, 0.25) is 10.4 Å². The van der Waals surface area contributed by atoms with E-state index < -0.39 is 0 Å². The Hall–Kier alpha value is -0.160. The van der Waals surface area contributed by atoms with Gasteiger partial charge in [0.05, 0.1) is 5.88 Å². The van der Waals surface area contributed by atoms with E-state index >= 15 is 0 Å². The van der Waals surface area contributed by atoms with E-state index in [4.69, 9.17) is 34.8 Å². The molecule has 0 spiro atoms. The summed E-state index contributed by atoms with van der Waals surface area (Å²) in [5.41, 5.74) is 0.505. The fraction of sp³-hybridized carbons (Fsp3) is 0.167. The molecule has 0 saturated carbocycles. The molecular formula is C6H2Cl3N3S. The van der Waals surface area contributed by atoms with Gasteiger partial charge < -0.3 is 0 Å². The summed E-state index contributed by atoms with van der Waals surface area (Å²) in [6.45, 7) is 0. The van der Waals surface area contributed by atoms with Gasteiger partial charge >= 0.3 is 0 Å². The van der Waals surface area contributed by atoms with E-state index in [0.29, 0.717) is 16.7 Å². The molecule has 2 aromatic rings. The molecule has 0 radical (unpaired) electrons. The maximum Gasteiger partial charge on any atom is 0.225 e. The van der Waals surface area contributed by atoms with Crippen molar-refractivity contribution in [2.75, 3.05) is 0 Å². The molecule has 3 nitrogen and oxygen atoms in total. The molecule has 2 rings (SSSR count). The number of hydrogen-bond acceptors (Lipinski definition) is 4. The average molecular weight is 255 g/mol. The molecule has 0 bridgehead atoms. The van der Waals surface area contributed by atoms with Gasteiger partial charge in [-0.25, -0.2) is 9.97 Å². The Balaban J connectivity index is 2.75. The van der Waals surface area contributed by atoms with E-state index in [1.54, 1.807) is 0 Å². The number of fused-ring (bicyclic) bond motifs is 1. The molecule has 0 aliphatic rings. The van der Waals surface area contributed by atoms with Crippen molar-refractivity contribution in [2.45, 2.75) is 5.88 Å². The summed E-state index contributed by atoms with van der Waals surface area (Å²) < 4.78 is 0.724. The van der Waals surface area contributed by atoms with Crippen LogP contribution in [-0.4, -0.2) is 15.0 Å². The topological polar surface area (TPSA) is 38.7 Å². The molecule has 0 fully saturated rings. The second-order valence-electron chi connectivity index (χ2n) is 2.18. The van der Waals surface area contributed by atoms with Gasteiger partial charge in [0.25, 0.3) is 0 Å². The fourth-order valence-corrected chi connectivity index (χ4v) is 2.31. The minimum Gasteiger partial charge on any atom is -0.220 e. The zero-order valence-corrected chi connectivity index (χ0v) is 9.18.